The van der Waals surface area contributed by atoms with E-state index in [9.17, 15) is 14.4 Å². The Morgan fingerprint density at radius 1 is 1.30 bits per heavy atom. The van der Waals surface area contributed by atoms with Crippen molar-refractivity contribution in [3.8, 4) is 11.9 Å². The second kappa shape index (κ2) is 6.04. The van der Waals surface area contributed by atoms with Gasteiger partial charge < -0.3 is 9.64 Å². The Bertz CT molecular complexity index is 672. The third kappa shape index (κ3) is 3.13. The van der Waals surface area contributed by atoms with Crippen molar-refractivity contribution in [2.24, 2.45) is 0 Å². The SMILES string of the molecule is N#Cc1ccc(OC2CN(C(=O)CN3C(=O)CCC3=O)C2)nc1. The Labute approximate surface area is 132 Å². The Morgan fingerprint density at radius 3 is 2.57 bits per heavy atom. The van der Waals surface area contributed by atoms with Gasteiger partial charge >= 0.3 is 0 Å². The van der Waals surface area contributed by atoms with E-state index in [1.54, 1.807) is 12.1 Å². The highest BCUT2D eigenvalue weighted by atomic mass is 16.5. The molecular weight excluding hydrogens is 300 g/mol. The van der Waals surface area contributed by atoms with E-state index in [1.807, 2.05) is 6.07 Å². The number of likely N-dealkylation sites (tertiary alicyclic amines) is 2. The molecular formula is C15H14N4O4. The number of amides is 3. The number of aromatic nitrogens is 1. The standard InChI is InChI=1S/C15H14N4O4/c16-5-10-1-2-12(17-6-10)23-11-7-18(8-11)15(22)9-19-13(20)3-4-14(19)21/h1-2,6,11H,3-4,7-9H2. The molecule has 1 aromatic heterocycles. The molecule has 0 unspecified atom stereocenters. The first-order chi connectivity index (χ1) is 11.1. The molecule has 2 saturated heterocycles. The number of nitrogens with zero attached hydrogens (tertiary/aromatic N) is 4. The summed E-state index contributed by atoms with van der Waals surface area (Å²) in [4.78, 5) is 41.5. The van der Waals surface area contributed by atoms with Gasteiger partial charge in [-0.3, -0.25) is 19.3 Å². The maximum absolute atomic E-state index is 12.0. The van der Waals surface area contributed by atoms with Gasteiger partial charge in [0.2, 0.25) is 23.6 Å². The molecule has 1 aromatic rings. The normalized spacial score (nSPS) is 17.9. The quantitative estimate of drug-likeness (QED) is 0.706. The van der Waals surface area contributed by atoms with Crippen LogP contribution in [0.3, 0.4) is 0 Å². The van der Waals surface area contributed by atoms with E-state index in [4.69, 9.17) is 10.00 Å². The topological polar surface area (TPSA) is 104 Å². The molecule has 3 rings (SSSR count). The summed E-state index contributed by atoms with van der Waals surface area (Å²) in [5.41, 5.74) is 0.447. The van der Waals surface area contributed by atoms with Crippen LogP contribution in [0.15, 0.2) is 18.3 Å². The third-order valence-corrected chi connectivity index (χ3v) is 3.80. The van der Waals surface area contributed by atoms with E-state index >= 15 is 0 Å². The van der Waals surface area contributed by atoms with Gasteiger partial charge in [0.1, 0.15) is 18.7 Å². The molecule has 23 heavy (non-hydrogen) atoms. The smallest absolute Gasteiger partial charge is 0.243 e. The largest absolute Gasteiger partial charge is 0.471 e. The second-order valence-electron chi connectivity index (χ2n) is 5.41. The zero-order valence-corrected chi connectivity index (χ0v) is 12.3. The molecule has 3 amide bonds. The van der Waals surface area contributed by atoms with Crippen molar-refractivity contribution in [1.82, 2.24) is 14.8 Å². The van der Waals surface area contributed by atoms with Gasteiger partial charge in [-0.05, 0) is 6.07 Å². The van der Waals surface area contributed by atoms with Crippen molar-refractivity contribution >= 4 is 17.7 Å². The summed E-state index contributed by atoms with van der Waals surface area (Å²) in [5.74, 6) is -0.454. The van der Waals surface area contributed by atoms with E-state index in [0.29, 0.717) is 24.5 Å². The van der Waals surface area contributed by atoms with Gasteiger partial charge in [0.25, 0.3) is 0 Å². The number of carbonyl (C=O) groups excluding carboxylic acids is 3. The lowest BCUT2D eigenvalue weighted by Crippen LogP contribution is -2.58. The van der Waals surface area contributed by atoms with Crippen molar-refractivity contribution in [1.29, 1.82) is 5.26 Å². The first-order valence-electron chi connectivity index (χ1n) is 7.20. The summed E-state index contributed by atoms with van der Waals surface area (Å²) < 4.78 is 5.58. The van der Waals surface area contributed by atoms with Crippen molar-refractivity contribution in [3.63, 3.8) is 0 Å². The predicted molar refractivity (Wildman–Crippen MR) is 75.9 cm³/mol. The Kier molecular flexibility index (Phi) is 3.93. The fourth-order valence-electron chi connectivity index (χ4n) is 2.44. The molecule has 8 nitrogen and oxygen atoms in total. The number of hydrogen-bond acceptors (Lipinski definition) is 6. The molecule has 0 N–H and O–H groups in total. The minimum atomic E-state index is -0.293. The Balaban J connectivity index is 1.47. The lowest BCUT2D eigenvalue weighted by Gasteiger charge is -2.39. The van der Waals surface area contributed by atoms with E-state index in [2.05, 4.69) is 4.98 Å². The average molecular weight is 314 g/mol. The van der Waals surface area contributed by atoms with Crippen LogP contribution in [-0.2, 0) is 14.4 Å². The van der Waals surface area contributed by atoms with Gasteiger partial charge in [-0.25, -0.2) is 4.98 Å². The van der Waals surface area contributed by atoms with Crippen LogP contribution in [0.2, 0.25) is 0 Å². The van der Waals surface area contributed by atoms with E-state index in [-0.39, 0.29) is 43.2 Å². The number of imide groups is 1. The van der Waals surface area contributed by atoms with Crippen LogP contribution >= 0.6 is 0 Å². The lowest BCUT2D eigenvalue weighted by atomic mass is 10.1. The molecule has 0 bridgehead atoms. The summed E-state index contributed by atoms with van der Waals surface area (Å²) >= 11 is 0. The van der Waals surface area contributed by atoms with Gasteiger partial charge in [0.15, 0.2) is 0 Å². The molecule has 0 aliphatic carbocycles. The van der Waals surface area contributed by atoms with Gasteiger partial charge in [-0.15, -0.1) is 0 Å². The van der Waals surface area contributed by atoms with Crippen LogP contribution in [0, 0.1) is 11.3 Å². The van der Waals surface area contributed by atoms with Crippen LogP contribution in [0.25, 0.3) is 0 Å². The highest BCUT2D eigenvalue weighted by Gasteiger charge is 2.36. The van der Waals surface area contributed by atoms with E-state index in [1.165, 1.54) is 11.1 Å². The number of hydrogen-bond donors (Lipinski definition) is 0. The second-order valence-corrected chi connectivity index (χ2v) is 5.41. The fraction of sp³-hybridized carbons (Fsp3) is 0.400. The van der Waals surface area contributed by atoms with Crippen LogP contribution < -0.4 is 4.74 Å². The van der Waals surface area contributed by atoms with E-state index < -0.39 is 0 Å². The molecule has 0 aromatic carbocycles. The van der Waals surface area contributed by atoms with Crippen LogP contribution in [0.5, 0.6) is 5.88 Å². The van der Waals surface area contributed by atoms with Crippen molar-refractivity contribution in [2.45, 2.75) is 18.9 Å². The lowest BCUT2D eigenvalue weighted by molar-refractivity contribution is -0.149. The van der Waals surface area contributed by atoms with Crippen molar-refractivity contribution in [2.75, 3.05) is 19.6 Å². The molecule has 118 valence electrons. The first kappa shape index (κ1) is 15.0. The summed E-state index contributed by atoms with van der Waals surface area (Å²) in [6.45, 7) is 0.576. The maximum Gasteiger partial charge on any atom is 0.243 e. The molecule has 3 heterocycles. The highest BCUT2D eigenvalue weighted by molar-refractivity contribution is 6.04. The van der Waals surface area contributed by atoms with Gasteiger partial charge in [-0.1, -0.05) is 0 Å². The monoisotopic (exact) mass is 314 g/mol. The molecule has 0 radical (unpaired) electrons. The summed E-state index contributed by atoms with van der Waals surface area (Å²) in [5, 5.41) is 8.69. The highest BCUT2D eigenvalue weighted by Crippen LogP contribution is 2.18. The number of ether oxygens (including phenoxy) is 1. The zero-order chi connectivity index (χ0) is 16.4. The predicted octanol–water partition coefficient (Wildman–Crippen LogP) is -0.308. The summed E-state index contributed by atoms with van der Waals surface area (Å²) in [6.07, 6.45) is 1.61. The molecule has 0 atom stereocenters. The fourth-order valence-corrected chi connectivity index (χ4v) is 2.44. The minimum Gasteiger partial charge on any atom is -0.471 e. The molecule has 0 saturated carbocycles. The van der Waals surface area contributed by atoms with Crippen molar-refractivity contribution < 1.29 is 19.1 Å². The number of rotatable bonds is 4. The minimum absolute atomic E-state index is 0.177. The molecule has 0 spiro atoms. The van der Waals surface area contributed by atoms with Crippen LogP contribution in [-0.4, -0.2) is 58.2 Å². The van der Waals surface area contributed by atoms with Gasteiger partial charge in [0.05, 0.1) is 18.7 Å². The number of carbonyl (C=O) groups is 3. The summed E-state index contributed by atoms with van der Waals surface area (Å²) in [6, 6.07) is 5.18. The molecule has 2 aliphatic rings. The first-order valence-corrected chi connectivity index (χ1v) is 7.20. The average Bonchev–Trinajstić information content (AvgIpc) is 2.82. The molecule has 8 heteroatoms. The summed E-state index contributed by atoms with van der Waals surface area (Å²) in [7, 11) is 0. The Hall–Kier alpha value is -2.95. The third-order valence-electron chi connectivity index (χ3n) is 3.80. The van der Waals surface area contributed by atoms with Gasteiger partial charge in [-0.2, -0.15) is 5.26 Å². The maximum atomic E-state index is 12.0. The molecule has 2 fully saturated rings. The molecule has 2 aliphatic heterocycles. The van der Waals surface area contributed by atoms with Crippen molar-refractivity contribution in [3.05, 3.63) is 23.9 Å². The number of pyridine rings is 1. The van der Waals surface area contributed by atoms with E-state index in [0.717, 1.165) is 4.90 Å². The van der Waals surface area contributed by atoms with Crippen LogP contribution in [0.4, 0.5) is 0 Å². The number of nitriles is 1. The van der Waals surface area contributed by atoms with Gasteiger partial charge in [0, 0.05) is 25.1 Å². The zero-order valence-electron chi connectivity index (χ0n) is 12.3. The van der Waals surface area contributed by atoms with Crippen LogP contribution in [0.1, 0.15) is 18.4 Å². The Morgan fingerprint density at radius 2 is 2.00 bits per heavy atom.